The summed E-state index contributed by atoms with van der Waals surface area (Å²) in [6, 6.07) is 8.14. The summed E-state index contributed by atoms with van der Waals surface area (Å²) >= 11 is 1.84. The van der Waals surface area contributed by atoms with Gasteiger partial charge in [-0.1, -0.05) is 12.1 Å². The number of rotatable bonds is 2. The molecule has 1 fully saturated rings. The summed E-state index contributed by atoms with van der Waals surface area (Å²) in [5, 5.41) is 12.9. The summed E-state index contributed by atoms with van der Waals surface area (Å²) in [7, 11) is 0. The van der Waals surface area contributed by atoms with Crippen molar-refractivity contribution in [2.24, 2.45) is 0 Å². The summed E-state index contributed by atoms with van der Waals surface area (Å²) in [4.78, 5) is 36.8. The molecule has 3 amide bonds. The monoisotopic (exact) mass is 455 g/mol. The third kappa shape index (κ3) is 5.42. The van der Waals surface area contributed by atoms with Crippen LogP contribution in [-0.2, 0) is 22.6 Å². The lowest BCUT2D eigenvalue weighted by atomic mass is 10.1. The Morgan fingerprint density at radius 2 is 1.90 bits per heavy atom. The van der Waals surface area contributed by atoms with Gasteiger partial charge in [-0.25, -0.2) is 9.59 Å². The number of carboxylic acids is 1. The first-order valence-corrected chi connectivity index (χ1v) is 10.2. The normalized spacial score (nSPS) is 16.2. The van der Waals surface area contributed by atoms with Crippen molar-refractivity contribution in [3.05, 3.63) is 40.3 Å². The summed E-state index contributed by atoms with van der Waals surface area (Å²) in [6.45, 7) is 4.39. The van der Waals surface area contributed by atoms with Crippen molar-refractivity contribution in [2.45, 2.75) is 32.5 Å². The van der Waals surface area contributed by atoms with Crippen LogP contribution in [0.2, 0.25) is 0 Å². The molecular formula is C20H20F3N3O4S. The number of nitrogens with one attached hydrogen (secondary N) is 2. The number of hydrogen-bond acceptors (Lipinski definition) is 5. The molecule has 3 N–H and O–H groups in total. The Morgan fingerprint density at radius 3 is 2.52 bits per heavy atom. The number of alkyl halides is 3. The van der Waals surface area contributed by atoms with Crippen LogP contribution in [0, 0.1) is 6.92 Å². The fraction of sp³-hybridized carbons (Fsp3) is 0.350. The van der Waals surface area contributed by atoms with Crippen LogP contribution in [0.4, 0.5) is 23.7 Å². The van der Waals surface area contributed by atoms with Gasteiger partial charge >= 0.3 is 18.2 Å². The maximum Gasteiger partial charge on any atom is 0.490 e. The van der Waals surface area contributed by atoms with Crippen LogP contribution in [0.5, 0.6) is 0 Å². The van der Waals surface area contributed by atoms with Crippen LogP contribution in [-0.4, -0.2) is 42.3 Å². The van der Waals surface area contributed by atoms with Gasteiger partial charge in [0.1, 0.15) is 0 Å². The third-order valence-corrected chi connectivity index (χ3v) is 6.11. The number of hydrogen-bond donors (Lipinski definition) is 3. The predicted molar refractivity (Wildman–Crippen MR) is 109 cm³/mol. The smallest absolute Gasteiger partial charge is 0.475 e. The SMILES string of the molecule is Cc1ccc(-c2cc3c(s2)CCNC3)cc1N1CCC(=O)NC1=O.O=C(O)C(F)(F)F. The van der Waals surface area contributed by atoms with E-state index in [1.165, 1.54) is 15.3 Å². The quantitative estimate of drug-likeness (QED) is 0.644. The topological polar surface area (TPSA) is 98.7 Å². The van der Waals surface area contributed by atoms with Gasteiger partial charge < -0.3 is 10.4 Å². The molecule has 1 saturated heterocycles. The van der Waals surface area contributed by atoms with Crippen LogP contribution in [0.3, 0.4) is 0 Å². The van der Waals surface area contributed by atoms with E-state index in [0.29, 0.717) is 13.0 Å². The van der Waals surface area contributed by atoms with E-state index in [0.717, 1.165) is 36.3 Å². The average molecular weight is 455 g/mol. The van der Waals surface area contributed by atoms with Crippen molar-refractivity contribution in [1.29, 1.82) is 0 Å². The first kappa shape index (κ1) is 22.8. The first-order valence-electron chi connectivity index (χ1n) is 9.41. The second-order valence-corrected chi connectivity index (χ2v) is 8.18. The largest absolute Gasteiger partial charge is 0.490 e. The van der Waals surface area contributed by atoms with E-state index in [1.54, 1.807) is 4.90 Å². The molecule has 0 saturated carbocycles. The highest BCUT2D eigenvalue weighted by molar-refractivity contribution is 7.15. The highest BCUT2D eigenvalue weighted by Crippen LogP contribution is 2.36. The maximum atomic E-state index is 12.2. The van der Waals surface area contributed by atoms with Gasteiger partial charge in [-0.15, -0.1) is 11.3 Å². The Labute approximate surface area is 179 Å². The van der Waals surface area contributed by atoms with Crippen LogP contribution >= 0.6 is 11.3 Å². The molecule has 1 aromatic heterocycles. The van der Waals surface area contributed by atoms with Crippen LogP contribution in [0.25, 0.3) is 10.4 Å². The van der Waals surface area contributed by atoms with Crippen molar-refractivity contribution in [2.75, 3.05) is 18.0 Å². The molecule has 0 radical (unpaired) electrons. The zero-order valence-corrected chi connectivity index (χ0v) is 17.3. The minimum Gasteiger partial charge on any atom is -0.475 e. The zero-order chi connectivity index (χ0) is 22.8. The van der Waals surface area contributed by atoms with E-state index in [-0.39, 0.29) is 11.9 Å². The second-order valence-electron chi connectivity index (χ2n) is 7.04. The lowest BCUT2D eigenvalue weighted by Gasteiger charge is -2.28. The fourth-order valence-corrected chi connectivity index (χ4v) is 4.42. The molecule has 1 aromatic carbocycles. The van der Waals surface area contributed by atoms with Crippen molar-refractivity contribution in [1.82, 2.24) is 10.6 Å². The molecule has 11 heteroatoms. The van der Waals surface area contributed by atoms with E-state index >= 15 is 0 Å². The van der Waals surface area contributed by atoms with Gasteiger partial charge in [0.15, 0.2) is 0 Å². The molecule has 3 heterocycles. The molecule has 2 aliphatic rings. The fourth-order valence-electron chi connectivity index (χ4n) is 3.24. The molecule has 2 aliphatic heterocycles. The Kier molecular flexibility index (Phi) is 6.65. The molecule has 31 heavy (non-hydrogen) atoms. The number of aryl methyl sites for hydroxylation is 1. The Balaban J connectivity index is 0.000000339. The van der Waals surface area contributed by atoms with Gasteiger partial charge in [-0.2, -0.15) is 13.2 Å². The number of carboxylic acid groups (broad SMARTS) is 1. The predicted octanol–water partition coefficient (Wildman–Crippen LogP) is 3.45. The van der Waals surface area contributed by atoms with Crippen molar-refractivity contribution >= 4 is 34.9 Å². The number of imide groups is 1. The molecule has 0 aliphatic carbocycles. The summed E-state index contributed by atoms with van der Waals surface area (Å²) in [5.41, 5.74) is 4.41. The summed E-state index contributed by atoms with van der Waals surface area (Å²) < 4.78 is 31.7. The molecule has 4 rings (SSSR count). The molecule has 0 atom stereocenters. The minimum absolute atomic E-state index is 0.205. The number of fused-ring (bicyclic) bond motifs is 1. The van der Waals surface area contributed by atoms with Gasteiger partial charge in [-0.3, -0.25) is 15.0 Å². The van der Waals surface area contributed by atoms with E-state index in [1.807, 2.05) is 24.3 Å². The molecule has 0 unspecified atom stereocenters. The molecule has 0 spiro atoms. The number of amides is 3. The van der Waals surface area contributed by atoms with Crippen molar-refractivity contribution in [3.63, 3.8) is 0 Å². The Hall–Kier alpha value is -2.92. The number of aliphatic carboxylic acids is 1. The molecule has 7 nitrogen and oxygen atoms in total. The minimum atomic E-state index is -5.08. The van der Waals surface area contributed by atoms with E-state index in [2.05, 4.69) is 28.8 Å². The number of carbonyl (C=O) groups is 3. The number of benzene rings is 1. The highest BCUT2D eigenvalue weighted by atomic mass is 32.1. The number of urea groups is 1. The number of halogens is 3. The first-order chi connectivity index (χ1) is 14.6. The number of carbonyl (C=O) groups excluding carboxylic acids is 2. The third-order valence-electron chi connectivity index (χ3n) is 4.82. The number of anilines is 1. The number of nitrogens with zero attached hydrogens (tertiary/aromatic N) is 1. The molecule has 0 bridgehead atoms. The van der Waals surface area contributed by atoms with E-state index in [9.17, 15) is 22.8 Å². The van der Waals surface area contributed by atoms with E-state index < -0.39 is 12.1 Å². The lowest BCUT2D eigenvalue weighted by Crippen LogP contribution is -2.49. The van der Waals surface area contributed by atoms with Gasteiger partial charge in [0, 0.05) is 41.5 Å². The standard InChI is InChI=1S/C18H19N3O2S.C2HF3O2/c1-11-2-3-12(16-9-13-10-19-6-4-15(13)24-16)8-14(11)21-7-5-17(22)20-18(21)23;3-2(4,5)1(6)7/h2-3,8-9,19H,4-7,10H2,1H3,(H,20,22,23);(H,6,7). The molecule has 166 valence electrons. The summed E-state index contributed by atoms with van der Waals surface area (Å²) in [5.74, 6) is -2.96. The lowest BCUT2D eigenvalue weighted by molar-refractivity contribution is -0.192. The van der Waals surface area contributed by atoms with Gasteiger partial charge in [0.05, 0.1) is 0 Å². The summed E-state index contributed by atoms with van der Waals surface area (Å²) in [6.07, 6.45) is -3.66. The Morgan fingerprint density at radius 1 is 1.19 bits per heavy atom. The molecular weight excluding hydrogens is 435 g/mol. The van der Waals surface area contributed by atoms with Crippen LogP contribution in [0.1, 0.15) is 22.4 Å². The van der Waals surface area contributed by atoms with Crippen LogP contribution in [0.15, 0.2) is 24.3 Å². The van der Waals surface area contributed by atoms with E-state index in [4.69, 9.17) is 9.90 Å². The molecule has 2 aromatic rings. The van der Waals surface area contributed by atoms with Crippen molar-refractivity contribution < 1.29 is 32.7 Å². The highest BCUT2D eigenvalue weighted by Gasteiger charge is 2.38. The van der Waals surface area contributed by atoms with Gasteiger partial charge in [0.2, 0.25) is 5.91 Å². The average Bonchev–Trinajstić information content (AvgIpc) is 3.13. The van der Waals surface area contributed by atoms with Crippen molar-refractivity contribution in [3.8, 4) is 10.4 Å². The Bertz CT molecular complexity index is 996. The van der Waals surface area contributed by atoms with Gasteiger partial charge in [-0.05, 0) is 42.2 Å². The number of thiophene rings is 1. The zero-order valence-electron chi connectivity index (χ0n) is 16.5. The second kappa shape index (κ2) is 9.06. The van der Waals surface area contributed by atoms with Gasteiger partial charge in [0.25, 0.3) is 0 Å². The maximum absolute atomic E-state index is 12.2. The van der Waals surface area contributed by atoms with Crippen LogP contribution < -0.4 is 15.5 Å².